The van der Waals surface area contributed by atoms with E-state index < -0.39 is 0 Å². The molecule has 0 amide bonds. The van der Waals surface area contributed by atoms with Crippen LogP contribution in [-0.2, 0) is 14.3 Å². The van der Waals surface area contributed by atoms with Gasteiger partial charge in [-0.2, -0.15) is 4.98 Å². The van der Waals surface area contributed by atoms with Crippen molar-refractivity contribution in [1.29, 1.82) is 0 Å². The second-order valence-corrected chi connectivity index (χ2v) is 9.15. The number of allylic oxidation sites excluding steroid dienone is 2. The summed E-state index contributed by atoms with van der Waals surface area (Å²) in [5.41, 5.74) is 3.96. The highest BCUT2D eigenvalue weighted by molar-refractivity contribution is 7.99. The third-order valence-corrected chi connectivity index (χ3v) is 6.38. The number of anilines is 1. The van der Waals surface area contributed by atoms with Gasteiger partial charge in [-0.05, 0) is 29.4 Å². The molecule has 1 aliphatic carbocycles. The van der Waals surface area contributed by atoms with Crippen LogP contribution in [0.4, 0.5) is 5.95 Å². The first-order valence-electron chi connectivity index (χ1n) is 10.2. The largest absolute Gasteiger partial charge is 0.468 e. The molecular weight excluding hydrogens is 400 g/mol. The number of carbonyl (C=O) groups is 2. The minimum Gasteiger partial charge on any atom is -0.468 e. The summed E-state index contributed by atoms with van der Waals surface area (Å²) in [6, 6.07) is 8.06. The van der Waals surface area contributed by atoms with E-state index in [1.807, 2.05) is 0 Å². The van der Waals surface area contributed by atoms with Crippen LogP contribution in [0.15, 0.2) is 40.7 Å². The number of Topliss-reactive ketones (excluding diaryl/α,β-unsaturated/α-hetero) is 1. The smallest absolute Gasteiger partial charge is 0.316 e. The van der Waals surface area contributed by atoms with E-state index in [9.17, 15) is 9.59 Å². The van der Waals surface area contributed by atoms with Gasteiger partial charge in [0.05, 0.1) is 12.9 Å². The number of ketones is 1. The maximum absolute atomic E-state index is 13.0. The number of benzene rings is 1. The van der Waals surface area contributed by atoms with Crippen molar-refractivity contribution in [3.63, 3.8) is 0 Å². The molecule has 2 atom stereocenters. The lowest BCUT2D eigenvalue weighted by molar-refractivity contribution is -0.137. The van der Waals surface area contributed by atoms with E-state index in [0.717, 1.165) is 23.3 Å². The third kappa shape index (κ3) is 3.88. The maximum atomic E-state index is 13.0. The first-order chi connectivity index (χ1) is 14.4. The summed E-state index contributed by atoms with van der Waals surface area (Å²) >= 11 is 1.22. The molecule has 1 N–H and O–H groups in total. The van der Waals surface area contributed by atoms with Gasteiger partial charge in [0.2, 0.25) is 11.1 Å². The number of nitrogens with zero attached hydrogens (tertiary/aromatic N) is 3. The standard InChI is InChI=1S/C22H26N4O3S/c1-12(2)14-5-7-15(8-6-14)20-19-16(9-13(3)10-17(19)27)23-21-24-22(25-26(20)21)30-11-18(28)29-4/h5-8,12-13,20H,9-11H2,1-4H3,(H,23,24,25)/t13-,20+/m1/s1. The van der Waals surface area contributed by atoms with Crippen LogP contribution in [0.2, 0.25) is 0 Å². The lowest BCUT2D eigenvalue weighted by atomic mass is 9.81. The lowest BCUT2D eigenvalue weighted by Gasteiger charge is -2.34. The summed E-state index contributed by atoms with van der Waals surface area (Å²) < 4.78 is 6.48. The summed E-state index contributed by atoms with van der Waals surface area (Å²) in [5, 5.41) is 8.44. The van der Waals surface area contributed by atoms with E-state index in [0.29, 0.717) is 23.4 Å². The van der Waals surface area contributed by atoms with Gasteiger partial charge < -0.3 is 10.1 Å². The van der Waals surface area contributed by atoms with Gasteiger partial charge in [0.15, 0.2) is 5.78 Å². The summed E-state index contributed by atoms with van der Waals surface area (Å²) in [6.07, 6.45) is 1.34. The third-order valence-electron chi connectivity index (χ3n) is 5.57. The Labute approximate surface area is 180 Å². The van der Waals surface area contributed by atoms with Crippen molar-refractivity contribution >= 4 is 29.5 Å². The molecule has 0 saturated carbocycles. The molecule has 1 aliphatic heterocycles. The molecule has 0 saturated heterocycles. The van der Waals surface area contributed by atoms with Gasteiger partial charge in [-0.25, -0.2) is 4.68 Å². The molecule has 7 nitrogen and oxygen atoms in total. The van der Waals surface area contributed by atoms with E-state index in [1.165, 1.54) is 24.4 Å². The van der Waals surface area contributed by atoms with E-state index in [-0.39, 0.29) is 29.5 Å². The van der Waals surface area contributed by atoms with Crippen molar-refractivity contribution in [2.24, 2.45) is 5.92 Å². The molecular formula is C22H26N4O3S. The number of carbonyl (C=O) groups excluding carboxylic acids is 2. The Morgan fingerprint density at radius 2 is 2.03 bits per heavy atom. The fraction of sp³-hybridized carbons (Fsp3) is 0.455. The van der Waals surface area contributed by atoms with E-state index in [1.54, 1.807) is 4.68 Å². The first kappa shape index (κ1) is 20.7. The molecule has 158 valence electrons. The summed E-state index contributed by atoms with van der Waals surface area (Å²) in [7, 11) is 1.36. The fourth-order valence-electron chi connectivity index (χ4n) is 4.00. The predicted octanol–water partition coefficient (Wildman–Crippen LogP) is 3.93. The van der Waals surface area contributed by atoms with E-state index in [2.05, 4.69) is 60.4 Å². The topological polar surface area (TPSA) is 86.1 Å². The van der Waals surface area contributed by atoms with Gasteiger partial charge in [0.25, 0.3) is 0 Å². The number of methoxy groups -OCH3 is 1. The average Bonchev–Trinajstić information content (AvgIpc) is 3.12. The lowest BCUT2D eigenvalue weighted by Crippen LogP contribution is -2.33. The quantitative estimate of drug-likeness (QED) is 0.572. The molecule has 0 spiro atoms. The van der Waals surface area contributed by atoms with Crippen molar-refractivity contribution in [3.8, 4) is 0 Å². The number of ether oxygens (including phenoxy) is 1. The number of esters is 1. The molecule has 30 heavy (non-hydrogen) atoms. The van der Waals surface area contributed by atoms with Crippen LogP contribution in [-0.4, -0.2) is 39.4 Å². The monoisotopic (exact) mass is 426 g/mol. The second kappa shape index (κ2) is 8.26. The fourth-order valence-corrected chi connectivity index (χ4v) is 4.66. The first-order valence-corrected chi connectivity index (χ1v) is 11.1. The van der Waals surface area contributed by atoms with E-state index in [4.69, 9.17) is 4.74 Å². The van der Waals surface area contributed by atoms with Gasteiger partial charge in [-0.3, -0.25) is 9.59 Å². The van der Waals surface area contributed by atoms with Crippen molar-refractivity contribution in [1.82, 2.24) is 14.8 Å². The van der Waals surface area contributed by atoms with Crippen LogP contribution in [0.1, 0.15) is 56.7 Å². The molecule has 8 heteroatoms. The number of thioether (sulfide) groups is 1. The van der Waals surface area contributed by atoms with Gasteiger partial charge in [0.1, 0.15) is 6.04 Å². The SMILES string of the molecule is COC(=O)CSc1nc2n(n1)[C@@H](c1ccc(C(C)C)cc1)C1=C(C[C@@H](C)CC1=O)N2. The Balaban J connectivity index is 1.75. The van der Waals surface area contributed by atoms with Crippen molar-refractivity contribution < 1.29 is 14.3 Å². The van der Waals surface area contributed by atoms with Crippen LogP contribution in [0.3, 0.4) is 0 Å². The normalized spacial score (nSPS) is 20.6. The molecule has 2 aromatic rings. The molecule has 4 rings (SSSR count). The Morgan fingerprint density at radius 1 is 1.30 bits per heavy atom. The molecule has 2 aliphatic rings. The number of nitrogens with one attached hydrogen (secondary N) is 1. The maximum Gasteiger partial charge on any atom is 0.316 e. The zero-order chi connectivity index (χ0) is 21.4. The van der Waals surface area contributed by atoms with Crippen LogP contribution in [0, 0.1) is 5.92 Å². The highest BCUT2D eigenvalue weighted by Gasteiger charge is 2.38. The average molecular weight is 427 g/mol. The minimum absolute atomic E-state index is 0.136. The summed E-state index contributed by atoms with van der Waals surface area (Å²) in [6.45, 7) is 6.41. The van der Waals surface area contributed by atoms with Gasteiger partial charge in [-0.15, -0.1) is 5.10 Å². The Hall–Kier alpha value is -2.61. The predicted molar refractivity (Wildman–Crippen MR) is 115 cm³/mol. The summed E-state index contributed by atoms with van der Waals surface area (Å²) in [4.78, 5) is 29.1. The van der Waals surface area contributed by atoms with Crippen LogP contribution >= 0.6 is 11.8 Å². The molecule has 1 aromatic heterocycles. The molecule has 1 aromatic carbocycles. The van der Waals surface area contributed by atoms with Crippen molar-refractivity contribution in [3.05, 3.63) is 46.7 Å². The second-order valence-electron chi connectivity index (χ2n) is 8.21. The Kier molecular flexibility index (Phi) is 5.69. The number of rotatable bonds is 5. The van der Waals surface area contributed by atoms with Gasteiger partial charge >= 0.3 is 5.97 Å². The number of hydrogen-bond donors (Lipinski definition) is 1. The molecule has 0 unspecified atom stereocenters. The molecule has 0 fully saturated rings. The van der Waals surface area contributed by atoms with Gasteiger partial charge in [-0.1, -0.05) is 56.8 Å². The van der Waals surface area contributed by atoms with Crippen LogP contribution in [0.25, 0.3) is 0 Å². The molecule has 2 heterocycles. The van der Waals surface area contributed by atoms with Crippen LogP contribution < -0.4 is 5.32 Å². The Morgan fingerprint density at radius 3 is 2.70 bits per heavy atom. The zero-order valence-corrected chi connectivity index (χ0v) is 18.5. The number of fused-ring (bicyclic) bond motifs is 1. The number of hydrogen-bond acceptors (Lipinski definition) is 7. The number of aromatic nitrogens is 3. The van der Waals surface area contributed by atoms with Gasteiger partial charge in [0, 0.05) is 17.7 Å². The minimum atomic E-state index is -0.331. The van der Waals surface area contributed by atoms with Crippen LogP contribution in [0.5, 0.6) is 0 Å². The molecule has 0 radical (unpaired) electrons. The van der Waals surface area contributed by atoms with E-state index >= 15 is 0 Å². The Bertz CT molecular complexity index is 1010. The molecule has 0 bridgehead atoms. The zero-order valence-electron chi connectivity index (χ0n) is 17.6. The highest BCUT2D eigenvalue weighted by Crippen LogP contribution is 2.42. The highest BCUT2D eigenvalue weighted by atomic mass is 32.2. The summed E-state index contributed by atoms with van der Waals surface area (Å²) in [5.74, 6) is 1.28. The van der Waals surface area contributed by atoms with Crippen molar-refractivity contribution in [2.45, 2.75) is 50.7 Å². The van der Waals surface area contributed by atoms with Crippen molar-refractivity contribution in [2.75, 3.05) is 18.2 Å².